The predicted molar refractivity (Wildman–Crippen MR) is 65.7 cm³/mol. The number of amides is 1. The van der Waals surface area contributed by atoms with Crippen LogP contribution in [-0.4, -0.2) is 30.4 Å². The molecule has 0 bridgehead atoms. The Bertz CT molecular complexity index is 330. The van der Waals surface area contributed by atoms with Gasteiger partial charge in [-0.2, -0.15) is 0 Å². The van der Waals surface area contributed by atoms with Crippen molar-refractivity contribution in [3.05, 3.63) is 11.6 Å². The molecule has 0 aromatic carbocycles. The molecule has 4 heteroatoms. The fourth-order valence-electron chi connectivity index (χ4n) is 1.67. The monoisotopic (exact) mass is 239 g/mol. The summed E-state index contributed by atoms with van der Waals surface area (Å²) in [6.45, 7) is 6.45. The Morgan fingerprint density at radius 1 is 1.35 bits per heavy atom. The van der Waals surface area contributed by atoms with E-state index in [9.17, 15) is 9.59 Å². The van der Waals surface area contributed by atoms with Gasteiger partial charge in [-0.05, 0) is 19.8 Å². The first-order chi connectivity index (χ1) is 8.04. The second-order valence-electron chi connectivity index (χ2n) is 4.58. The zero-order valence-corrected chi connectivity index (χ0v) is 10.8. The Morgan fingerprint density at radius 3 is 2.41 bits per heavy atom. The minimum Gasteiger partial charge on any atom is -0.375 e. The molecule has 0 aromatic rings. The number of ether oxygens (including phenoxy) is 1. The Hall–Kier alpha value is -1.16. The van der Waals surface area contributed by atoms with Gasteiger partial charge in [0.2, 0.25) is 5.91 Å². The number of hydrogen-bond acceptors (Lipinski definition) is 3. The standard InChI is InChI=1S/C13H21NO3/c1-4-6-11(15)13(8-17-9-13)14-12(16)7-10(3)5-2/h7H,4-6,8-9H2,1-3H3,(H,14,16)/b10-7+. The molecule has 1 N–H and O–H groups in total. The van der Waals surface area contributed by atoms with Gasteiger partial charge in [0.1, 0.15) is 5.54 Å². The van der Waals surface area contributed by atoms with E-state index in [1.807, 2.05) is 20.8 Å². The number of carbonyl (C=O) groups is 2. The van der Waals surface area contributed by atoms with Crippen LogP contribution in [0.15, 0.2) is 11.6 Å². The summed E-state index contributed by atoms with van der Waals surface area (Å²) in [5.74, 6) is -0.126. The molecular weight excluding hydrogens is 218 g/mol. The largest absolute Gasteiger partial charge is 0.375 e. The second-order valence-corrected chi connectivity index (χ2v) is 4.58. The molecule has 96 valence electrons. The van der Waals surface area contributed by atoms with E-state index in [0.717, 1.165) is 18.4 Å². The summed E-state index contributed by atoms with van der Waals surface area (Å²) in [6.07, 6.45) is 3.67. The summed E-state index contributed by atoms with van der Waals surface area (Å²) in [4.78, 5) is 23.7. The quantitative estimate of drug-likeness (QED) is 0.716. The van der Waals surface area contributed by atoms with Gasteiger partial charge >= 0.3 is 0 Å². The van der Waals surface area contributed by atoms with Crippen molar-refractivity contribution < 1.29 is 14.3 Å². The normalized spacial score (nSPS) is 18.4. The molecule has 0 aromatic heterocycles. The van der Waals surface area contributed by atoms with Crippen LogP contribution in [0, 0.1) is 0 Å². The molecule has 1 saturated heterocycles. The van der Waals surface area contributed by atoms with Crippen molar-refractivity contribution in [2.75, 3.05) is 13.2 Å². The zero-order chi connectivity index (χ0) is 12.9. The highest BCUT2D eigenvalue weighted by Gasteiger charge is 2.45. The van der Waals surface area contributed by atoms with Gasteiger partial charge in [-0.3, -0.25) is 9.59 Å². The van der Waals surface area contributed by atoms with Gasteiger partial charge in [0.25, 0.3) is 0 Å². The van der Waals surface area contributed by atoms with Gasteiger partial charge in [-0.25, -0.2) is 0 Å². The Labute approximate surface area is 102 Å². The topological polar surface area (TPSA) is 55.4 Å². The molecule has 1 heterocycles. The fourth-order valence-corrected chi connectivity index (χ4v) is 1.67. The summed E-state index contributed by atoms with van der Waals surface area (Å²) in [5.41, 5.74) is 0.235. The molecule has 4 nitrogen and oxygen atoms in total. The van der Waals surface area contributed by atoms with Gasteiger partial charge in [0.15, 0.2) is 5.78 Å². The van der Waals surface area contributed by atoms with Gasteiger partial charge in [-0.1, -0.05) is 19.4 Å². The van der Waals surface area contributed by atoms with E-state index in [2.05, 4.69) is 5.32 Å². The van der Waals surface area contributed by atoms with Gasteiger partial charge < -0.3 is 10.1 Å². The molecule has 0 spiro atoms. The lowest BCUT2D eigenvalue weighted by Crippen LogP contribution is -2.66. The van der Waals surface area contributed by atoms with Crippen LogP contribution in [0.25, 0.3) is 0 Å². The van der Waals surface area contributed by atoms with Crippen LogP contribution in [0.5, 0.6) is 0 Å². The molecular formula is C13H21NO3. The average Bonchev–Trinajstić information content (AvgIpc) is 2.23. The van der Waals surface area contributed by atoms with E-state index in [1.54, 1.807) is 6.08 Å². The van der Waals surface area contributed by atoms with E-state index >= 15 is 0 Å². The molecule has 0 saturated carbocycles. The van der Waals surface area contributed by atoms with Crippen molar-refractivity contribution in [2.45, 2.75) is 45.6 Å². The van der Waals surface area contributed by atoms with Crippen molar-refractivity contribution in [2.24, 2.45) is 0 Å². The number of nitrogens with one attached hydrogen (secondary N) is 1. The molecule has 0 radical (unpaired) electrons. The van der Waals surface area contributed by atoms with E-state index in [-0.39, 0.29) is 11.7 Å². The molecule has 1 aliphatic heterocycles. The zero-order valence-electron chi connectivity index (χ0n) is 10.8. The summed E-state index contributed by atoms with van der Waals surface area (Å²) in [6, 6.07) is 0. The van der Waals surface area contributed by atoms with E-state index in [4.69, 9.17) is 4.74 Å². The van der Waals surface area contributed by atoms with Crippen LogP contribution in [0.1, 0.15) is 40.0 Å². The minimum atomic E-state index is -0.766. The molecule has 0 unspecified atom stereocenters. The summed E-state index contributed by atoms with van der Waals surface area (Å²) < 4.78 is 5.08. The average molecular weight is 239 g/mol. The van der Waals surface area contributed by atoms with Crippen molar-refractivity contribution in [1.82, 2.24) is 5.32 Å². The second kappa shape index (κ2) is 5.96. The van der Waals surface area contributed by atoms with Crippen molar-refractivity contribution in [3.63, 3.8) is 0 Å². The van der Waals surface area contributed by atoms with Crippen LogP contribution in [0.2, 0.25) is 0 Å². The molecule has 1 amide bonds. The van der Waals surface area contributed by atoms with Crippen molar-refractivity contribution in [3.8, 4) is 0 Å². The fraction of sp³-hybridized carbons (Fsp3) is 0.692. The molecule has 17 heavy (non-hydrogen) atoms. The number of ketones is 1. The predicted octanol–water partition coefficient (Wildman–Crippen LogP) is 1.60. The SMILES string of the molecule is CCCC(=O)C1(NC(=O)/C=C(\C)CC)COC1. The van der Waals surface area contributed by atoms with Crippen LogP contribution >= 0.6 is 0 Å². The highest BCUT2D eigenvalue weighted by Crippen LogP contribution is 2.20. The Morgan fingerprint density at radius 2 is 2.00 bits per heavy atom. The lowest BCUT2D eigenvalue weighted by Gasteiger charge is -2.40. The van der Waals surface area contributed by atoms with Gasteiger partial charge in [0.05, 0.1) is 13.2 Å². The molecule has 0 atom stereocenters. The molecule has 1 rings (SSSR count). The molecule has 1 aliphatic rings. The van der Waals surface area contributed by atoms with Crippen molar-refractivity contribution in [1.29, 1.82) is 0 Å². The number of Topliss-reactive ketones (excluding diaryl/α,β-unsaturated/α-hetero) is 1. The van der Waals surface area contributed by atoms with E-state index in [0.29, 0.717) is 19.6 Å². The number of allylic oxidation sites excluding steroid dienone is 1. The highest BCUT2D eigenvalue weighted by molar-refractivity contribution is 5.97. The Kier molecular flexibility index (Phi) is 4.87. The molecule has 1 fully saturated rings. The van der Waals surface area contributed by atoms with Crippen LogP contribution in [0.3, 0.4) is 0 Å². The van der Waals surface area contributed by atoms with Crippen LogP contribution in [0.4, 0.5) is 0 Å². The lowest BCUT2D eigenvalue weighted by atomic mass is 9.89. The summed E-state index contributed by atoms with van der Waals surface area (Å²) >= 11 is 0. The minimum absolute atomic E-state index is 0.0714. The number of hydrogen-bond donors (Lipinski definition) is 1. The van der Waals surface area contributed by atoms with Crippen LogP contribution < -0.4 is 5.32 Å². The summed E-state index contributed by atoms with van der Waals surface area (Å²) in [5, 5.41) is 2.79. The van der Waals surface area contributed by atoms with Gasteiger partial charge in [0, 0.05) is 12.5 Å². The smallest absolute Gasteiger partial charge is 0.244 e. The summed E-state index contributed by atoms with van der Waals surface area (Å²) in [7, 11) is 0. The number of rotatable bonds is 6. The third-order valence-corrected chi connectivity index (χ3v) is 3.01. The number of carbonyl (C=O) groups excluding carboxylic acids is 2. The third-order valence-electron chi connectivity index (χ3n) is 3.01. The van der Waals surface area contributed by atoms with E-state index in [1.165, 1.54) is 0 Å². The first-order valence-corrected chi connectivity index (χ1v) is 6.14. The first-order valence-electron chi connectivity index (χ1n) is 6.14. The van der Waals surface area contributed by atoms with Crippen LogP contribution in [-0.2, 0) is 14.3 Å². The maximum absolute atomic E-state index is 11.9. The van der Waals surface area contributed by atoms with Crippen molar-refractivity contribution >= 4 is 11.7 Å². The Balaban J connectivity index is 2.64. The maximum atomic E-state index is 11.9. The molecule has 0 aliphatic carbocycles. The lowest BCUT2D eigenvalue weighted by molar-refractivity contribution is -0.150. The highest BCUT2D eigenvalue weighted by atomic mass is 16.5. The van der Waals surface area contributed by atoms with E-state index < -0.39 is 5.54 Å². The maximum Gasteiger partial charge on any atom is 0.244 e. The first kappa shape index (κ1) is 13.9. The van der Waals surface area contributed by atoms with Gasteiger partial charge in [-0.15, -0.1) is 0 Å². The third kappa shape index (κ3) is 3.40.